The van der Waals surface area contributed by atoms with Crippen LogP contribution in [0.25, 0.3) is 0 Å². The highest BCUT2D eigenvalue weighted by atomic mass is 16.4. The predicted molar refractivity (Wildman–Crippen MR) is 51.7 cm³/mol. The lowest BCUT2D eigenvalue weighted by atomic mass is 10.1. The third kappa shape index (κ3) is 3.19. The van der Waals surface area contributed by atoms with E-state index in [9.17, 15) is 4.79 Å². The van der Waals surface area contributed by atoms with Crippen LogP contribution in [0.5, 0.6) is 0 Å². The zero-order chi connectivity index (χ0) is 9.68. The van der Waals surface area contributed by atoms with E-state index in [2.05, 4.69) is 11.8 Å². The molecule has 74 valence electrons. The smallest absolute Gasteiger partial charge is 0.327 e. The van der Waals surface area contributed by atoms with Crippen molar-refractivity contribution in [2.45, 2.75) is 32.2 Å². The fraction of sp³-hybridized carbons (Fsp3) is 0.700. The first-order chi connectivity index (χ1) is 6.24. The Balaban J connectivity index is 2.31. The maximum absolute atomic E-state index is 10.2. The van der Waals surface area contributed by atoms with Crippen LogP contribution in [-0.2, 0) is 4.79 Å². The van der Waals surface area contributed by atoms with Crippen LogP contribution in [0, 0.1) is 0 Å². The summed E-state index contributed by atoms with van der Waals surface area (Å²) in [5, 5.41) is 8.41. The summed E-state index contributed by atoms with van der Waals surface area (Å²) in [5.41, 5.74) is 0. The maximum Gasteiger partial charge on any atom is 0.327 e. The van der Waals surface area contributed by atoms with E-state index in [1.165, 1.54) is 25.5 Å². The van der Waals surface area contributed by atoms with E-state index < -0.39 is 5.97 Å². The summed E-state index contributed by atoms with van der Waals surface area (Å²) in [7, 11) is 0. The lowest BCUT2D eigenvalue weighted by Crippen LogP contribution is -2.28. The van der Waals surface area contributed by atoms with E-state index in [0.29, 0.717) is 6.04 Å². The summed E-state index contributed by atoms with van der Waals surface area (Å²) in [6.45, 7) is 4.40. The minimum Gasteiger partial charge on any atom is -0.478 e. The number of aliphatic carboxylic acids is 1. The van der Waals surface area contributed by atoms with Gasteiger partial charge in [-0.2, -0.15) is 0 Å². The van der Waals surface area contributed by atoms with Gasteiger partial charge in [0.1, 0.15) is 0 Å². The Morgan fingerprint density at radius 1 is 1.69 bits per heavy atom. The predicted octanol–water partition coefficient (Wildman–Crippen LogP) is 1.50. The summed E-state index contributed by atoms with van der Waals surface area (Å²) in [5.74, 6) is -0.846. The highest BCUT2D eigenvalue weighted by molar-refractivity contribution is 5.79. The van der Waals surface area contributed by atoms with Gasteiger partial charge in [0, 0.05) is 12.1 Å². The van der Waals surface area contributed by atoms with E-state index in [-0.39, 0.29) is 0 Å². The Kier molecular flexibility index (Phi) is 3.96. The van der Waals surface area contributed by atoms with Crippen LogP contribution in [0.3, 0.4) is 0 Å². The van der Waals surface area contributed by atoms with Crippen molar-refractivity contribution in [3.63, 3.8) is 0 Å². The monoisotopic (exact) mass is 183 g/mol. The van der Waals surface area contributed by atoms with Crippen LogP contribution >= 0.6 is 0 Å². The molecule has 0 aromatic heterocycles. The van der Waals surface area contributed by atoms with Crippen LogP contribution in [0.15, 0.2) is 12.2 Å². The molecule has 1 aliphatic heterocycles. The number of rotatable bonds is 4. The van der Waals surface area contributed by atoms with Gasteiger partial charge in [0.15, 0.2) is 0 Å². The lowest BCUT2D eigenvalue weighted by molar-refractivity contribution is -0.131. The fourth-order valence-corrected chi connectivity index (χ4v) is 1.90. The molecule has 1 N–H and O–H groups in total. The Morgan fingerprint density at radius 2 is 2.46 bits per heavy atom. The Labute approximate surface area is 79.0 Å². The molecule has 1 saturated heterocycles. The van der Waals surface area contributed by atoms with Crippen LogP contribution in [0.4, 0.5) is 0 Å². The van der Waals surface area contributed by atoms with Gasteiger partial charge in [0.05, 0.1) is 0 Å². The summed E-state index contributed by atoms with van der Waals surface area (Å²) in [4.78, 5) is 12.6. The largest absolute Gasteiger partial charge is 0.478 e. The molecule has 3 heteroatoms. The van der Waals surface area contributed by atoms with Crippen molar-refractivity contribution < 1.29 is 9.90 Å². The van der Waals surface area contributed by atoms with Crippen molar-refractivity contribution in [2.24, 2.45) is 0 Å². The standard InChI is InChI=1S/C10H17NO2/c1-2-11-8-4-6-9(11)5-3-7-10(12)13/h3,7,9H,2,4-6,8H2,1H3,(H,12,13)/b7-3-. The molecule has 13 heavy (non-hydrogen) atoms. The van der Waals surface area contributed by atoms with Gasteiger partial charge in [0.25, 0.3) is 0 Å². The van der Waals surface area contributed by atoms with Crippen molar-refractivity contribution in [2.75, 3.05) is 13.1 Å². The Hall–Kier alpha value is -0.830. The average molecular weight is 183 g/mol. The number of hydrogen-bond acceptors (Lipinski definition) is 2. The van der Waals surface area contributed by atoms with Gasteiger partial charge in [-0.05, 0) is 32.4 Å². The fourth-order valence-electron chi connectivity index (χ4n) is 1.90. The van der Waals surface area contributed by atoms with Gasteiger partial charge in [-0.3, -0.25) is 0 Å². The van der Waals surface area contributed by atoms with Gasteiger partial charge in [0.2, 0.25) is 0 Å². The lowest BCUT2D eigenvalue weighted by Gasteiger charge is -2.20. The Morgan fingerprint density at radius 3 is 3.08 bits per heavy atom. The second-order valence-corrected chi connectivity index (χ2v) is 3.40. The molecule has 1 rings (SSSR count). The van der Waals surface area contributed by atoms with Gasteiger partial charge in [-0.1, -0.05) is 13.0 Å². The van der Waals surface area contributed by atoms with E-state index in [1.807, 2.05) is 0 Å². The second-order valence-electron chi connectivity index (χ2n) is 3.40. The zero-order valence-corrected chi connectivity index (χ0v) is 8.07. The number of carboxylic acid groups (broad SMARTS) is 1. The molecule has 0 aromatic carbocycles. The van der Waals surface area contributed by atoms with Gasteiger partial charge in [-0.15, -0.1) is 0 Å². The first-order valence-electron chi connectivity index (χ1n) is 4.87. The van der Waals surface area contributed by atoms with Crippen molar-refractivity contribution in [1.82, 2.24) is 4.90 Å². The molecule has 0 aromatic rings. The molecule has 1 fully saturated rings. The summed E-state index contributed by atoms with van der Waals surface area (Å²) < 4.78 is 0. The molecule has 1 unspecified atom stereocenters. The summed E-state index contributed by atoms with van der Waals surface area (Å²) >= 11 is 0. The molecule has 1 aliphatic rings. The maximum atomic E-state index is 10.2. The number of carboxylic acids is 1. The summed E-state index contributed by atoms with van der Waals surface area (Å²) in [6, 6.07) is 0.570. The van der Waals surface area contributed by atoms with Crippen LogP contribution in [-0.4, -0.2) is 35.1 Å². The molecule has 0 spiro atoms. The number of nitrogens with zero attached hydrogens (tertiary/aromatic N) is 1. The third-order valence-electron chi connectivity index (χ3n) is 2.57. The van der Waals surface area contributed by atoms with E-state index in [1.54, 1.807) is 6.08 Å². The zero-order valence-electron chi connectivity index (χ0n) is 8.07. The molecule has 1 heterocycles. The molecule has 0 aliphatic carbocycles. The highest BCUT2D eigenvalue weighted by Crippen LogP contribution is 2.19. The van der Waals surface area contributed by atoms with Gasteiger partial charge >= 0.3 is 5.97 Å². The van der Waals surface area contributed by atoms with Crippen LogP contribution in [0.2, 0.25) is 0 Å². The first kappa shape index (κ1) is 10.3. The SMILES string of the molecule is CCN1CCCC1C/C=C\C(=O)O. The molecule has 1 atom stereocenters. The number of carbonyl (C=O) groups is 1. The molecule has 0 saturated carbocycles. The highest BCUT2D eigenvalue weighted by Gasteiger charge is 2.21. The molecule has 3 nitrogen and oxygen atoms in total. The average Bonchev–Trinajstić information content (AvgIpc) is 2.51. The van der Waals surface area contributed by atoms with Crippen LogP contribution < -0.4 is 0 Å². The third-order valence-corrected chi connectivity index (χ3v) is 2.57. The minimum absolute atomic E-state index is 0.570. The van der Waals surface area contributed by atoms with Gasteiger partial charge < -0.3 is 10.0 Å². The van der Waals surface area contributed by atoms with E-state index >= 15 is 0 Å². The normalized spacial score (nSPS) is 24.2. The topological polar surface area (TPSA) is 40.5 Å². The molecule has 0 radical (unpaired) electrons. The number of likely N-dealkylation sites (tertiary alicyclic amines) is 1. The van der Waals surface area contributed by atoms with Crippen molar-refractivity contribution >= 4 is 5.97 Å². The van der Waals surface area contributed by atoms with Crippen LogP contribution in [0.1, 0.15) is 26.2 Å². The molecular formula is C10H17NO2. The van der Waals surface area contributed by atoms with E-state index in [0.717, 1.165) is 13.0 Å². The number of hydrogen-bond donors (Lipinski definition) is 1. The molecular weight excluding hydrogens is 166 g/mol. The minimum atomic E-state index is -0.846. The van der Waals surface area contributed by atoms with E-state index in [4.69, 9.17) is 5.11 Å². The molecule has 0 bridgehead atoms. The first-order valence-corrected chi connectivity index (χ1v) is 4.87. The summed E-state index contributed by atoms with van der Waals surface area (Å²) in [6.07, 6.45) is 6.34. The van der Waals surface area contributed by atoms with Crippen molar-refractivity contribution in [1.29, 1.82) is 0 Å². The van der Waals surface area contributed by atoms with Gasteiger partial charge in [-0.25, -0.2) is 4.79 Å². The second kappa shape index (κ2) is 5.02. The van der Waals surface area contributed by atoms with Crippen molar-refractivity contribution in [3.8, 4) is 0 Å². The quantitative estimate of drug-likeness (QED) is 0.671. The molecule has 0 amide bonds. The Bertz CT molecular complexity index is 201. The van der Waals surface area contributed by atoms with Crippen molar-refractivity contribution in [3.05, 3.63) is 12.2 Å².